The molecule has 0 saturated carbocycles. The van der Waals surface area contributed by atoms with Crippen molar-refractivity contribution >= 4 is 22.6 Å². The van der Waals surface area contributed by atoms with Crippen LogP contribution in [0.2, 0.25) is 0 Å². The van der Waals surface area contributed by atoms with Crippen molar-refractivity contribution in [1.29, 1.82) is 0 Å². The average molecular weight is 365 g/mol. The lowest BCUT2D eigenvalue weighted by atomic mass is 9.90. The summed E-state index contributed by atoms with van der Waals surface area (Å²) < 4.78 is 6.22. The number of hydrogen-bond acceptors (Lipinski definition) is 7. The first-order chi connectivity index (χ1) is 13.0. The number of aromatic nitrogens is 3. The number of Topliss-reactive ketones (excluding diaryl/α,β-unsaturated/α-hetero) is 2. The normalized spacial score (nSPS) is 14.8. The van der Waals surface area contributed by atoms with E-state index in [9.17, 15) is 19.5 Å². The fraction of sp³-hybridized carbons (Fsp3) is 0.211. The standard InChI is InChI=1S/C19H15N3O5/c1-10-8-15(21-27-10)22-18-11(4-3-7-20-18)9-12(19(22)26)17(25)16-13(23)5-2-6-14(16)24/h3-4,7-9,23H,2,5-6H2,1H3. The van der Waals surface area contributed by atoms with Crippen molar-refractivity contribution in [1.82, 2.24) is 14.7 Å². The molecule has 1 aliphatic carbocycles. The molecule has 1 N–H and O–H groups in total. The SMILES string of the molecule is Cc1cc(-n2c(=O)c(C(=O)C3=C(O)CCCC3=O)cc3cccnc32)no1. The van der Waals surface area contributed by atoms with Gasteiger partial charge < -0.3 is 9.63 Å². The number of nitrogens with zero attached hydrogens (tertiary/aromatic N) is 3. The van der Waals surface area contributed by atoms with Crippen LogP contribution in [0.5, 0.6) is 0 Å². The Morgan fingerprint density at radius 1 is 1.26 bits per heavy atom. The van der Waals surface area contributed by atoms with Crippen molar-refractivity contribution in [2.24, 2.45) is 0 Å². The minimum absolute atomic E-state index is 0.164. The molecule has 0 atom stereocenters. The summed E-state index contributed by atoms with van der Waals surface area (Å²) in [6, 6.07) is 6.30. The molecule has 1 aliphatic rings. The molecular formula is C19H15N3O5. The molecule has 0 saturated heterocycles. The van der Waals surface area contributed by atoms with Gasteiger partial charge in [0.15, 0.2) is 11.6 Å². The Balaban J connectivity index is 2.00. The fourth-order valence-electron chi connectivity index (χ4n) is 3.20. The van der Waals surface area contributed by atoms with Gasteiger partial charge in [0.1, 0.15) is 22.7 Å². The quantitative estimate of drug-likeness (QED) is 0.560. The van der Waals surface area contributed by atoms with Gasteiger partial charge in [0.05, 0.1) is 5.56 Å². The summed E-state index contributed by atoms with van der Waals surface area (Å²) in [4.78, 5) is 42.4. The van der Waals surface area contributed by atoms with Gasteiger partial charge in [-0.3, -0.25) is 14.4 Å². The van der Waals surface area contributed by atoms with E-state index in [4.69, 9.17) is 4.52 Å². The number of aliphatic hydroxyl groups excluding tert-OH is 1. The number of rotatable bonds is 3. The third kappa shape index (κ3) is 2.75. The van der Waals surface area contributed by atoms with E-state index in [1.165, 1.54) is 16.8 Å². The van der Waals surface area contributed by atoms with Gasteiger partial charge in [-0.15, -0.1) is 0 Å². The van der Waals surface area contributed by atoms with Crippen molar-refractivity contribution in [3.8, 4) is 5.82 Å². The van der Waals surface area contributed by atoms with Crippen molar-refractivity contribution < 1.29 is 19.2 Å². The number of fused-ring (bicyclic) bond motifs is 1. The first kappa shape index (κ1) is 16.9. The maximum absolute atomic E-state index is 13.1. The lowest BCUT2D eigenvalue weighted by Crippen LogP contribution is -2.29. The zero-order valence-corrected chi connectivity index (χ0v) is 14.4. The van der Waals surface area contributed by atoms with Crippen LogP contribution in [-0.4, -0.2) is 31.4 Å². The summed E-state index contributed by atoms with van der Waals surface area (Å²) in [6.07, 6.45) is 2.40. The van der Waals surface area contributed by atoms with Crippen LogP contribution in [0.4, 0.5) is 0 Å². The molecule has 27 heavy (non-hydrogen) atoms. The van der Waals surface area contributed by atoms with Gasteiger partial charge in [0.25, 0.3) is 5.56 Å². The molecule has 8 nitrogen and oxygen atoms in total. The summed E-state index contributed by atoms with van der Waals surface area (Å²) in [5.74, 6) is -0.851. The molecule has 4 rings (SSSR count). The number of carbonyl (C=O) groups is 2. The summed E-state index contributed by atoms with van der Waals surface area (Å²) in [5, 5.41) is 14.4. The number of aliphatic hydroxyl groups is 1. The molecule has 0 aliphatic heterocycles. The largest absolute Gasteiger partial charge is 0.511 e. The lowest BCUT2D eigenvalue weighted by molar-refractivity contribution is -0.116. The summed E-state index contributed by atoms with van der Waals surface area (Å²) >= 11 is 0. The van der Waals surface area contributed by atoms with E-state index in [2.05, 4.69) is 10.1 Å². The van der Waals surface area contributed by atoms with Crippen LogP contribution in [0.15, 0.2) is 51.1 Å². The van der Waals surface area contributed by atoms with E-state index >= 15 is 0 Å². The van der Waals surface area contributed by atoms with E-state index in [0.29, 0.717) is 23.2 Å². The van der Waals surface area contributed by atoms with Crippen LogP contribution in [0.3, 0.4) is 0 Å². The second-order valence-corrected chi connectivity index (χ2v) is 6.34. The number of aryl methyl sites for hydroxylation is 1. The third-order valence-electron chi connectivity index (χ3n) is 4.46. The molecule has 3 aromatic heterocycles. The van der Waals surface area contributed by atoms with Crippen LogP contribution >= 0.6 is 0 Å². The Hall–Kier alpha value is -3.55. The van der Waals surface area contributed by atoms with Crippen molar-refractivity contribution in [3.05, 3.63) is 63.5 Å². The first-order valence-electron chi connectivity index (χ1n) is 8.42. The van der Waals surface area contributed by atoms with Crippen molar-refractivity contribution in [3.63, 3.8) is 0 Å². The zero-order chi connectivity index (χ0) is 19.1. The Kier molecular flexibility index (Phi) is 3.95. The predicted molar refractivity (Wildman–Crippen MR) is 95.0 cm³/mol. The predicted octanol–water partition coefficient (Wildman–Crippen LogP) is 2.43. The highest BCUT2D eigenvalue weighted by molar-refractivity contribution is 6.27. The van der Waals surface area contributed by atoms with Crippen LogP contribution < -0.4 is 5.56 Å². The van der Waals surface area contributed by atoms with Gasteiger partial charge in [0.2, 0.25) is 5.78 Å². The Morgan fingerprint density at radius 3 is 2.78 bits per heavy atom. The van der Waals surface area contributed by atoms with Gasteiger partial charge in [-0.05, 0) is 31.5 Å². The second-order valence-electron chi connectivity index (χ2n) is 6.34. The molecule has 3 heterocycles. The van der Waals surface area contributed by atoms with Crippen LogP contribution in [0, 0.1) is 6.92 Å². The smallest absolute Gasteiger partial charge is 0.269 e. The molecule has 3 aromatic rings. The van der Waals surface area contributed by atoms with E-state index in [1.807, 2.05) is 0 Å². The molecule has 8 heteroatoms. The Morgan fingerprint density at radius 2 is 2.07 bits per heavy atom. The summed E-state index contributed by atoms with van der Waals surface area (Å²) in [6.45, 7) is 1.68. The van der Waals surface area contributed by atoms with Crippen LogP contribution in [-0.2, 0) is 4.79 Å². The van der Waals surface area contributed by atoms with Gasteiger partial charge in [-0.25, -0.2) is 9.55 Å². The van der Waals surface area contributed by atoms with E-state index in [1.54, 1.807) is 25.1 Å². The zero-order valence-electron chi connectivity index (χ0n) is 14.4. The molecule has 0 spiro atoms. The minimum atomic E-state index is -0.790. The van der Waals surface area contributed by atoms with Gasteiger partial charge in [0, 0.05) is 30.5 Å². The highest BCUT2D eigenvalue weighted by atomic mass is 16.5. The molecule has 0 unspecified atom stereocenters. The average Bonchev–Trinajstić information content (AvgIpc) is 3.06. The van der Waals surface area contributed by atoms with Gasteiger partial charge >= 0.3 is 0 Å². The number of ketones is 2. The first-order valence-corrected chi connectivity index (χ1v) is 8.42. The number of allylic oxidation sites excluding steroid dienone is 2. The maximum atomic E-state index is 13.1. The monoisotopic (exact) mass is 365 g/mol. The Labute approximate surface area is 152 Å². The third-order valence-corrected chi connectivity index (χ3v) is 4.46. The molecule has 0 amide bonds. The molecule has 0 radical (unpaired) electrons. The lowest BCUT2D eigenvalue weighted by Gasteiger charge is -2.15. The maximum Gasteiger partial charge on any atom is 0.269 e. The van der Waals surface area contributed by atoms with Crippen molar-refractivity contribution in [2.75, 3.05) is 0 Å². The number of pyridine rings is 2. The van der Waals surface area contributed by atoms with Crippen LogP contribution in [0.25, 0.3) is 16.9 Å². The van der Waals surface area contributed by atoms with E-state index in [0.717, 1.165) is 0 Å². The highest BCUT2D eigenvalue weighted by Crippen LogP contribution is 2.24. The minimum Gasteiger partial charge on any atom is -0.511 e. The highest BCUT2D eigenvalue weighted by Gasteiger charge is 2.30. The van der Waals surface area contributed by atoms with E-state index < -0.39 is 17.1 Å². The fourth-order valence-corrected chi connectivity index (χ4v) is 3.20. The van der Waals surface area contributed by atoms with Gasteiger partial charge in [-0.1, -0.05) is 5.16 Å². The number of carbonyl (C=O) groups excluding carboxylic acids is 2. The second kappa shape index (κ2) is 6.31. The van der Waals surface area contributed by atoms with Crippen LogP contribution in [0.1, 0.15) is 35.4 Å². The van der Waals surface area contributed by atoms with E-state index in [-0.39, 0.29) is 35.6 Å². The number of hydrogen-bond donors (Lipinski definition) is 1. The molecule has 0 bridgehead atoms. The van der Waals surface area contributed by atoms with Crippen molar-refractivity contribution in [2.45, 2.75) is 26.2 Å². The van der Waals surface area contributed by atoms with Gasteiger partial charge in [-0.2, -0.15) is 0 Å². The molecule has 0 fully saturated rings. The summed E-state index contributed by atoms with van der Waals surface area (Å²) in [7, 11) is 0. The molecule has 0 aromatic carbocycles. The molecular weight excluding hydrogens is 350 g/mol. The topological polar surface area (TPSA) is 115 Å². The summed E-state index contributed by atoms with van der Waals surface area (Å²) in [5.41, 5.74) is -0.920. The Bertz CT molecular complexity index is 1190. The molecule has 136 valence electrons.